The number of nitrogens with two attached hydrogens (primary N) is 1. The number of carbonyl (C=O) groups excluding carboxylic acids is 1. The molecule has 6 nitrogen and oxygen atoms in total. The lowest BCUT2D eigenvalue weighted by Crippen LogP contribution is -2.24. The fourth-order valence-corrected chi connectivity index (χ4v) is 2.17. The minimum Gasteiger partial charge on any atom is -0.462 e. The van der Waals surface area contributed by atoms with Crippen LogP contribution in [0.25, 0.3) is 0 Å². The van der Waals surface area contributed by atoms with Crippen molar-refractivity contribution >= 4 is 17.3 Å². The smallest absolute Gasteiger partial charge is 0.340 e. The third-order valence-electron chi connectivity index (χ3n) is 3.12. The van der Waals surface area contributed by atoms with Gasteiger partial charge in [-0.1, -0.05) is 0 Å². The van der Waals surface area contributed by atoms with Crippen LogP contribution in [0.3, 0.4) is 0 Å². The van der Waals surface area contributed by atoms with Crippen molar-refractivity contribution in [2.24, 2.45) is 0 Å². The summed E-state index contributed by atoms with van der Waals surface area (Å²) in [6, 6.07) is 4.92. The number of anilines is 2. The standard InChI is InChI=1S/C13H18N2O4/c1-2-19-13(18)9-5-8(14)3-4-10(9)15-6-11(16)12(17)7-15/h3-5,11-12,16-17H,2,6-7,14H2,1H3. The van der Waals surface area contributed by atoms with E-state index in [0.29, 0.717) is 16.9 Å². The van der Waals surface area contributed by atoms with Gasteiger partial charge in [-0.3, -0.25) is 0 Å². The molecule has 0 radical (unpaired) electrons. The number of esters is 1. The summed E-state index contributed by atoms with van der Waals surface area (Å²) in [5.41, 5.74) is 7.12. The zero-order valence-electron chi connectivity index (χ0n) is 10.7. The number of nitrogens with zero attached hydrogens (tertiary/aromatic N) is 1. The molecule has 0 amide bonds. The van der Waals surface area contributed by atoms with Crippen LogP contribution in [0.1, 0.15) is 17.3 Å². The fraction of sp³-hybridized carbons (Fsp3) is 0.462. The highest BCUT2D eigenvalue weighted by Crippen LogP contribution is 2.27. The third kappa shape index (κ3) is 2.80. The van der Waals surface area contributed by atoms with Gasteiger partial charge in [0.05, 0.1) is 30.1 Å². The van der Waals surface area contributed by atoms with E-state index in [1.165, 1.54) is 0 Å². The first kappa shape index (κ1) is 13.6. The first-order chi connectivity index (χ1) is 9.02. The van der Waals surface area contributed by atoms with Gasteiger partial charge in [-0.2, -0.15) is 0 Å². The molecule has 2 rings (SSSR count). The number of carbonyl (C=O) groups is 1. The summed E-state index contributed by atoms with van der Waals surface area (Å²) in [6.45, 7) is 2.56. The minimum atomic E-state index is -0.812. The second kappa shape index (κ2) is 5.46. The highest BCUT2D eigenvalue weighted by molar-refractivity contribution is 5.97. The van der Waals surface area contributed by atoms with E-state index in [1.807, 2.05) is 0 Å². The maximum Gasteiger partial charge on any atom is 0.340 e. The lowest BCUT2D eigenvalue weighted by molar-refractivity contribution is 0.0527. The predicted molar refractivity (Wildman–Crippen MR) is 71.0 cm³/mol. The van der Waals surface area contributed by atoms with Gasteiger partial charge in [0.25, 0.3) is 0 Å². The van der Waals surface area contributed by atoms with E-state index in [9.17, 15) is 15.0 Å². The van der Waals surface area contributed by atoms with Gasteiger partial charge in [-0.15, -0.1) is 0 Å². The lowest BCUT2D eigenvalue weighted by Gasteiger charge is -2.21. The first-order valence-corrected chi connectivity index (χ1v) is 6.20. The lowest BCUT2D eigenvalue weighted by atomic mass is 10.1. The van der Waals surface area contributed by atoms with Crippen molar-refractivity contribution in [1.29, 1.82) is 0 Å². The number of aliphatic hydroxyl groups excluding tert-OH is 2. The molecule has 2 unspecified atom stereocenters. The number of aliphatic hydroxyl groups is 2. The largest absolute Gasteiger partial charge is 0.462 e. The Bertz CT molecular complexity index is 468. The molecule has 2 atom stereocenters. The zero-order valence-corrected chi connectivity index (χ0v) is 10.7. The van der Waals surface area contributed by atoms with E-state index in [2.05, 4.69) is 0 Å². The molecule has 0 aliphatic carbocycles. The summed E-state index contributed by atoms with van der Waals surface area (Å²) >= 11 is 0. The Morgan fingerprint density at radius 2 is 2.05 bits per heavy atom. The van der Waals surface area contributed by atoms with E-state index in [4.69, 9.17) is 10.5 Å². The minimum absolute atomic E-state index is 0.275. The van der Waals surface area contributed by atoms with Crippen LogP contribution in [-0.4, -0.2) is 48.1 Å². The van der Waals surface area contributed by atoms with Crippen LogP contribution in [0.2, 0.25) is 0 Å². The Morgan fingerprint density at radius 1 is 1.42 bits per heavy atom. The summed E-state index contributed by atoms with van der Waals surface area (Å²) < 4.78 is 4.99. The number of nitrogen functional groups attached to an aromatic ring is 1. The van der Waals surface area contributed by atoms with Crippen LogP contribution in [0, 0.1) is 0 Å². The molecular weight excluding hydrogens is 248 g/mol. The molecule has 1 aromatic carbocycles. The van der Waals surface area contributed by atoms with E-state index < -0.39 is 18.2 Å². The molecule has 104 valence electrons. The van der Waals surface area contributed by atoms with Gasteiger partial charge < -0.3 is 25.6 Å². The molecule has 1 aliphatic heterocycles. The van der Waals surface area contributed by atoms with Crippen LogP contribution in [-0.2, 0) is 4.74 Å². The summed E-state index contributed by atoms with van der Waals surface area (Å²) in [6.07, 6.45) is -1.62. The van der Waals surface area contributed by atoms with E-state index in [-0.39, 0.29) is 19.7 Å². The fourth-order valence-electron chi connectivity index (χ4n) is 2.17. The van der Waals surface area contributed by atoms with Crippen LogP contribution in [0.15, 0.2) is 18.2 Å². The Morgan fingerprint density at radius 3 is 2.63 bits per heavy atom. The normalized spacial score (nSPS) is 22.6. The van der Waals surface area contributed by atoms with Gasteiger partial charge >= 0.3 is 5.97 Å². The maximum atomic E-state index is 11.9. The molecule has 4 N–H and O–H groups in total. The molecular formula is C13H18N2O4. The van der Waals surface area contributed by atoms with E-state index in [1.54, 1.807) is 30.0 Å². The molecule has 1 fully saturated rings. The topological polar surface area (TPSA) is 96.0 Å². The Labute approximate surface area is 111 Å². The van der Waals surface area contributed by atoms with Crippen molar-refractivity contribution in [3.63, 3.8) is 0 Å². The average molecular weight is 266 g/mol. The third-order valence-corrected chi connectivity index (χ3v) is 3.12. The molecule has 0 aromatic heterocycles. The van der Waals surface area contributed by atoms with Gasteiger partial charge in [0.2, 0.25) is 0 Å². The molecule has 0 bridgehead atoms. The van der Waals surface area contributed by atoms with Gasteiger partial charge in [0.1, 0.15) is 0 Å². The molecule has 1 heterocycles. The van der Waals surface area contributed by atoms with Crippen LogP contribution >= 0.6 is 0 Å². The van der Waals surface area contributed by atoms with Crippen LogP contribution in [0.4, 0.5) is 11.4 Å². The Hall–Kier alpha value is -1.79. The second-order valence-electron chi connectivity index (χ2n) is 4.54. The van der Waals surface area contributed by atoms with Crippen molar-refractivity contribution in [2.45, 2.75) is 19.1 Å². The van der Waals surface area contributed by atoms with E-state index in [0.717, 1.165) is 0 Å². The SMILES string of the molecule is CCOC(=O)c1cc(N)ccc1N1CC(O)C(O)C1. The maximum absolute atomic E-state index is 11.9. The van der Waals surface area contributed by atoms with Crippen molar-refractivity contribution in [3.8, 4) is 0 Å². The highest BCUT2D eigenvalue weighted by atomic mass is 16.5. The summed E-state index contributed by atoms with van der Waals surface area (Å²) in [4.78, 5) is 13.7. The summed E-state index contributed by atoms with van der Waals surface area (Å²) in [5.74, 6) is -0.458. The number of benzene rings is 1. The molecule has 1 saturated heterocycles. The van der Waals surface area contributed by atoms with Gasteiger partial charge in [0, 0.05) is 18.8 Å². The molecule has 1 aliphatic rings. The van der Waals surface area contributed by atoms with Crippen molar-refractivity contribution in [3.05, 3.63) is 23.8 Å². The molecule has 6 heteroatoms. The number of β-amino-alcohol motifs (C(OH)–C–C–N with tert-alkyl or cyclic N) is 2. The second-order valence-corrected chi connectivity index (χ2v) is 4.54. The van der Waals surface area contributed by atoms with Crippen molar-refractivity contribution in [2.75, 3.05) is 30.3 Å². The Balaban J connectivity index is 2.32. The number of hydrogen-bond donors (Lipinski definition) is 3. The quantitative estimate of drug-likeness (QED) is 0.526. The molecule has 0 spiro atoms. The molecule has 0 saturated carbocycles. The van der Waals surface area contributed by atoms with Gasteiger partial charge in [0.15, 0.2) is 0 Å². The first-order valence-electron chi connectivity index (χ1n) is 6.20. The number of ether oxygens (including phenoxy) is 1. The van der Waals surface area contributed by atoms with Gasteiger partial charge in [-0.25, -0.2) is 4.79 Å². The number of hydrogen-bond acceptors (Lipinski definition) is 6. The Kier molecular flexibility index (Phi) is 3.92. The van der Waals surface area contributed by atoms with Crippen molar-refractivity contribution in [1.82, 2.24) is 0 Å². The zero-order chi connectivity index (χ0) is 14.0. The van der Waals surface area contributed by atoms with Crippen LogP contribution < -0.4 is 10.6 Å². The highest BCUT2D eigenvalue weighted by Gasteiger charge is 2.31. The van der Waals surface area contributed by atoms with Gasteiger partial charge in [-0.05, 0) is 25.1 Å². The molecule has 1 aromatic rings. The van der Waals surface area contributed by atoms with Crippen LogP contribution in [0.5, 0.6) is 0 Å². The molecule has 19 heavy (non-hydrogen) atoms. The summed E-state index contributed by atoms with van der Waals surface area (Å²) in [7, 11) is 0. The van der Waals surface area contributed by atoms with E-state index >= 15 is 0 Å². The summed E-state index contributed by atoms with van der Waals surface area (Å²) in [5, 5.41) is 19.2. The van der Waals surface area contributed by atoms with Crippen molar-refractivity contribution < 1.29 is 19.7 Å². The monoisotopic (exact) mass is 266 g/mol. The number of rotatable bonds is 3. The predicted octanol–water partition coefficient (Wildman–Crippen LogP) is -0.0127. The average Bonchev–Trinajstić information content (AvgIpc) is 2.69.